The first-order valence-electron chi connectivity index (χ1n) is 10.8. The van der Waals surface area contributed by atoms with Crippen molar-refractivity contribution in [1.29, 1.82) is 0 Å². The van der Waals surface area contributed by atoms with E-state index in [4.69, 9.17) is 0 Å². The maximum atomic E-state index is 2.55. The van der Waals surface area contributed by atoms with Gasteiger partial charge in [-0.15, -0.1) is 0 Å². The number of unbranched alkanes of at least 4 members (excludes halogenated alkanes) is 1. The molecule has 0 amide bonds. The van der Waals surface area contributed by atoms with Gasteiger partial charge in [-0.1, -0.05) is 0 Å². The maximum absolute atomic E-state index is 2.55. The third-order valence-corrected chi connectivity index (χ3v) is 13.5. The Balaban J connectivity index is 2.40. The van der Waals surface area contributed by atoms with Gasteiger partial charge in [-0.3, -0.25) is 0 Å². The summed E-state index contributed by atoms with van der Waals surface area (Å²) in [5, 5.41) is 4.82. The van der Waals surface area contributed by atoms with E-state index in [0.717, 1.165) is 0 Å². The fraction of sp³-hybridized carbons (Fsp3) is 0.308. The standard InChI is InChI=1S/C26H31P.2Y/c1-4-6-15-23(5-2)27(24-16-9-7-10-17-24,25-18-11-8-12-19-25)26-20-13-14-22(3)21-26;;/h7-9,11,13-14,16-21,23,27H,4-6,15H2,1-3H3;;. The Morgan fingerprint density at radius 2 is 1.28 bits per heavy atom. The molecule has 3 aromatic rings. The molecule has 0 fully saturated rings. The van der Waals surface area contributed by atoms with Crippen molar-refractivity contribution in [2.45, 2.75) is 52.1 Å². The van der Waals surface area contributed by atoms with Gasteiger partial charge in [-0.25, -0.2) is 0 Å². The van der Waals surface area contributed by atoms with Gasteiger partial charge in [-0.2, -0.15) is 0 Å². The van der Waals surface area contributed by atoms with Crippen LogP contribution in [0.1, 0.15) is 45.1 Å². The molecule has 3 rings (SSSR count). The summed E-state index contributed by atoms with van der Waals surface area (Å²) in [7, 11) is -2.14. The summed E-state index contributed by atoms with van der Waals surface area (Å²) in [4.78, 5) is 0. The van der Waals surface area contributed by atoms with Gasteiger partial charge in [0.15, 0.2) is 0 Å². The first-order chi connectivity index (χ1) is 14.0. The van der Waals surface area contributed by atoms with Crippen LogP contribution in [-0.4, -0.2) is 5.66 Å². The van der Waals surface area contributed by atoms with E-state index >= 15 is 0 Å². The third-order valence-electron chi connectivity index (χ3n) is 6.17. The second-order valence-corrected chi connectivity index (χ2v) is 15.6. The van der Waals surface area contributed by atoms with Crippen LogP contribution in [0.5, 0.6) is 0 Å². The Bertz CT molecular complexity index is 840. The average molecular weight is 552 g/mol. The van der Waals surface area contributed by atoms with E-state index in [2.05, 4.69) is 93.6 Å². The predicted octanol–water partition coefficient (Wildman–Crippen LogP) is 4.33. The molecule has 0 aromatic heterocycles. The van der Waals surface area contributed by atoms with Crippen LogP contribution >= 0.6 is 7.26 Å². The van der Waals surface area contributed by atoms with Crippen molar-refractivity contribution in [3.05, 3.63) is 78.4 Å². The molecule has 0 saturated heterocycles. The summed E-state index contributed by atoms with van der Waals surface area (Å²) >= 11 is 2.36. The van der Waals surface area contributed by atoms with Gasteiger partial charge in [0.1, 0.15) is 0 Å². The first-order valence-corrected chi connectivity index (χ1v) is 15.7. The zero-order valence-electron chi connectivity index (χ0n) is 18.0. The van der Waals surface area contributed by atoms with Crippen LogP contribution in [0, 0.1) is 6.92 Å². The van der Waals surface area contributed by atoms with E-state index in [-0.39, 0.29) is 0 Å². The summed E-state index contributed by atoms with van der Waals surface area (Å²) in [6.07, 6.45) is 5.16. The SMILES string of the molecule is CCCCC(CC)[PH](c1cccc(C)c1)(c1ccc[c]([Y])c1)c1ccc[c]([Y])c1. The summed E-state index contributed by atoms with van der Waals surface area (Å²) in [5.41, 5.74) is 2.10. The van der Waals surface area contributed by atoms with E-state index < -0.39 is 7.26 Å². The van der Waals surface area contributed by atoms with E-state index in [0.29, 0.717) is 5.66 Å². The van der Waals surface area contributed by atoms with Crippen LogP contribution in [0.25, 0.3) is 0 Å². The van der Waals surface area contributed by atoms with Gasteiger partial charge in [0.2, 0.25) is 0 Å². The summed E-state index contributed by atoms with van der Waals surface area (Å²) in [5.74, 6) is 0. The molecule has 3 aromatic carbocycles. The van der Waals surface area contributed by atoms with E-state index in [1.54, 1.807) is 15.9 Å². The Morgan fingerprint density at radius 3 is 1.72 bits per heavy atom. The van der Waals surface area contributed by atoms with E-state index in [9.17, 15) is 0 Å². The number of benzene rings is 3. The van der Waals surface area contributed by atoms with Crippen molar-refractivity contribution in [3.8, 4) is 0 Å². The number of hydrogen-bond acceptors (Lipinski definition) is 0. The molecule has 0 radical (unpaired) electrons. The average Bonchev–Trinajstić information content (AvgIpc) is 2.71. The molecule has 0 aliphatic rings. The number of rotatable bonds is 8. The molecule has 3 heteroatoms. The van der Waals surface area contributed by atoms with Crippen molar-refractivity contribution < 1.29 is 61.9 Å². The molecular formula is C26H31PY2. The molecule has 0 bridgehead atoms. The van der Waals surface area contributed by atoms with Crippen LogP contribution in [0.15, 0.2) is 72.8 Å². The van der Waals surface area contributed by atoms with Crippen molar-refractivity contribution in [3.63, 3.8) is 0 Å². The molecule has 0 aliphatic heterocycles. The topological polar surface area (TPSA) is 0 Å². The number of aryl methyl sites for hydroxylation is 1. The molecule has 29 heavy (non-hydrogen) atoms. The van der Waals surface area contributed by atoms with Gasteiger partial charge < -0.3 is 0 Å². The minimum atomic E-state index is -2.14. The van der Waals surface area contributed by atoms with Crippen molar-refractivity contribution in [2.24, 2.45) is 0 Å². The molecule has 0 nitrogen and oxygen atoms in total. The zero-order valence-corrected chi connectivity index (χ0v) is 24.7. The normalized spacial score (nSPS) is 13.1. The Morgan fingerprint density at radius 1 is 0.759 bits per heavy atom. The fourth-order valence-corrected chi connectivity index (χ4v) is 13.1. The summed E-state index contributed by atoms with van der Waals surface area (Å²) < 4.78 is 3.01. The molecule has 0 N–H and O–H groups in total. The van der Waals surface area contributed by atoms with Crippen LogP contribution < -0.4 is 20.7 Å². The van der Waals surface area contributed by atoms with Gasteiger partial charge in [0, 0.05) is 0 Å². The molecule has 146 valence electrons. The Kier molecular flexibility index (Phi) is 9.29. The number of hydrogen-bond donors (Lipinski definition) is 0. The zero-order chi connectivity index (χ0) is 20.9. The van der Waals surface area contributed by atoms with Crippen LogP contribution in [-0.2, 0) is 61.9 Å². The Labute approximate surface area is 217 Å². The van der Waals surface area contributed by atoms with Crippen LogP contribution in [0.3, 0.4) is 0 Å². The minimum absolute atomic E-state index is 0.717. The molecule has 0 heterocycles. The second-order valence-electron chi connectivity index (χ2n) is 8.18. The molecular weight excluding hydrogens is 521 g/mol. The molecule has 1 unspecified atom stereocenters. The van der Waals surface area contributed by atoms with E-state index in [1.165, 1.54) is 97.9 Å². The van der Waals surface area contributed by atoms with Crippen LogP contribution in [0.2, 0.25) is 0 Å². The second kappa shape index (κ2) is 11.2. The predicted molar refractivity (Wildman–Crippen MR) is 124 cm³/mol. The fourth-order valence-electron chi connectivity index (χ4n) is 4.84. The molecule has 0 saturated carbocycles. The monoisotopic (exact) mass is 552 g/mol. The first kappa shape index (κ1) is 24.0. The quantitative estimate of drug-likeness (QED) is 0.365. The van der Waals surface area contributed by atoms with Crippen molar-refractivity contribution in [1.82, 2.24) is 0 Å². The molecule has 0 aliphatic carbocycles. The van der Waals surface area contributed by atoms with Gasteiger partial charge in [-0.05, 0) is 0 Å². The van der Waals surface area contributed by atoms with E-state index in [1.807, 2.05) is 0 Å². The van der Waals surface area contributed by atoms with Gasteiger partial charge in [0.05, 0.1) is 0 Å². The summed E-state index contributed by atoms with van der Waals surface area (Å²) in [6, 6.07) is 28.7. The third kappa shape index (κ3) is 5.38. The van der Waals surface area contributed by atoms with Gasteiger partial charge >= 0.3 is 220 Å². The van der Waals surface area contributed by atoms with Crippen molar-refractivity contribution in [2.75, 3.05) is 0 Å². The molecule has 0 spiro atoms. The van der Waals surface area contributed by atoms with Gasteiger partial charge in [0.25, 0.3) is 0 Å². The molecule has 1 atom stereocenters. The summed E-state index contributed by atoms with van der Waals surface area (Å²) in [6.45, 7) is 7.01. The van der Waals surface area contributed by atoms with Crippen molar-refractivity contribution >= 4 is 27.9 Å². The Hall–Kier alpha value is 0.298. The van der Waals surface area contributed by atoms with Crippen LogP contribution in [0.4, 0.5) is 0 Å².